The Labute approximate surface area is 95.6 Å². The summed E-state index contributed by atoms with van der Waals surface area (Å²) in [6, 6.07) is 3.74. The second-order valence-corrected chi connectivity index (χ2v) is 4.04. The molecular formula is C13H17NO2. The number of benzene rings is 1. The number of carbonyl (C=O) groups is 1. The van der Waals surface area contributed by atoms with Crippen molar-refractivity contribution in [2.75, 3.05) is 0 Å². The Balaban J connectivity index is 3.08. The standard InChI is InChI=1S/C13H17NO2/c1-8-6-9(2)13(10(3)7-8)11(14)4-5-12(15)16/h4-7,11H,14H2,1-3H3,(H,15,16)/b5-4+. The fraction of sp³-hybridized carbons (Fsp3) is 0.308. The molecule has 1 atom stereocenters. The summed E-state index contributed by atoms with van der Waals surface area (Å²) in [7, 11) is 0. The maximum Gasteiger partial charge on any atom is 0.328 e. The van der Waals surface area contributed by atoms with E-state index in [0.717, 1.165) is 22.8 Å². The number of nitrogens with two attached hydrogens (primary N) is 1. The van der Waals surface area contributed by atoms with Crippen LogP contribution in [0.5, 0.6) is 0 Å². The molecule has 0 aromatic heterocycles. The van der Waals surface area contributed by atoms with Gasteiger partial charge in [-0.1, -0.05) is 23.8 Å². The van der Waals surface area contributed by atoms with E-state index in [1.54, 1.807) is 0 Å². The zero-order valence-electron chi connectivity index (χ0n) is 9.82. The number of aryl methyl sites for hydroxylation is 3. The molecule has 3 N–H and O–H groups in total. The highest BCUT2D eigenvalue weighted by Crippen LogP contribution is 2.22. The van der Waals surface area contributed by atoms with E-state index >= 15 is 0 Å². The Kier molecular flexibility index (Phi) is 3.85. The van der Waals surface area contributed by atoms with Gasteiger partial charge in [0.15, 0.2) is 0 Å². The Morgan fingerprint density at radius 1 is 1.31 bits per heavy atom. The van der Waals surface area contributed by atoms with Gasteiger partial charge in [0.2, 0.25) is 0 Å². The lowest BCUT2D eigenvalue weighted by Gasteiger charge is -2.15. The van der Waals surface area contributed by atoms with Crippen molar-refractivity contribution in [3.63, 3.8) is 0 Å². The first-order valence-corrected chi connectivity index (χ1v) is 5.16. The molecule has 0 radical (unpaired) electrons. The van der Waals surface area contributed by atoms with E-state index in [1.165, 1.54) is 11.6 Å². The predicted octanol–water partition coefficient (Wildman–Crippen LogP) is 2.25. The van der Waals surface area contributed by atoms with Gasteiger partial charge < -0.3 is 10.8 Å². The molecule has 0 bridgehead atoms. The van der Waals surface area contributed by atoms with Gasteiger partial charge in [-0.25, -0.2) is 4.79 Å². The summed E-state index contributed by atoms with van der Waals surface area (Å²) in [5.41, 5.74) is 10.3. The highest BCUT2D eigenvalue weighted by Gasteiger charge is 2.09. The third kappa shape index (κ3) is 2.94. The summed E-state index contributed by atoms with van der Waals surface area (Å²) in [5, 5.41) is 8.55. The normalized spacial score (nSPS) is 13.0. The Hall–Kier alpha value is -1.61. The largest absolute Gasteiger partial charge is 0.478 e. The lowest BCUT2D eigenvalue weighted by molar-refractivity contribution is -0.131. The number of hydrogen-bond donors (Lipinski definition) is 2. The van der Waals surface area contributed by atoms with Crippen LogP contribution in [0.3, 0.4) is 0 Å². The zero-order valence-corrected chi connectivity index (χ0v) is 9.82. The molecule has 0 saturated heterocycles. The molecule has 3 heteroatoms. The molecule has 0 aliphatic heterocycles. The van der Waals surface area contributed by atoms with E-state index < -0.39 is 5.97 Å². The number of rotatable bonds is 3. The van der Waals surface area contributed by atoms with Gasteiger partial charge in [0, 0.05) is 12.1 Å². The van der Waals surface area contributed by atoms with Crippen molar-refractivity contribution in [1.29, 1.82) is 0 Å². The summed E-state index contributed by atoms with van der Waals surface area (Å²) < 4.78 is 0. The lowest BCUT2D eigenvalue weighted by Crippen LogP contribution is -2.11. The summed E-state index contributed by atoms with van der Waals surface area (Å²) in [5.74, 6) is -0.974. The summed E-state index contributed by atoms with van der Waals surface area (Å²) in [6.45, 7) is 6.01. The summed E-state index contributed by atoms with van der Waals surface area (Å²) in [4.78, 5) is 10.4. The molecule has 3 nitrogen and oxygen atoms in total. The fourth-order valence-corrected chi connectivity index (χ4v) is 2.00. The number of carboxylic acids is 1. The van der Waals surface area contributed by atoms with Crippen molar-refractivity contribution in [2.45, 2.75) is 26.8 Å². The quantitative estimate of drug-likeness (QED) is 0.766. The van der Waals surface area contributed by atoms with Crippen molar-refractivity contribution in [3.8, 4) is 0 Å². The topological polar surface area (TPSA) is 63.3 Å². The predicted molar refractivity (Wildman–Crippen MR) is 64.4 cm³/mol. The first-order valence-electron chi connectivity index (χ1n) is 5.16. The molecule has 86 valence electrons. The smallest absolute Gasteiger partial charge is 0.328 e. The maximum absolute atomic E-state index is 10.4. The van der Waals surface area contributed by atoms with Crippen molar-refractivity contribution < 1.29 is 9.90 Å². The first kappa shape index (κ1) is 12.5. The van der Waals surface area contributed by atoms with Gasteiger partial charge in [-0.15, -0.1) is 0 Å². The van der Waals surface area contributed by atoms with E-state index in [0.29, 0.717) is 0 Å². The van der Waals surface area contributed by atoms with Crippen LogP contribution >= 0.6 is 0 Å². The second kappa shape index (κ2) is 4.94. The molecule has 0 fully saturated rings. The van der Waals surface area contributed by atoms with Gasteiger partial charge in [0.25, 0.3) is 0 Å². The number of aliphatic carboxylic acids is 1. The van der Waals surface area contributed by atoms with Gasteiger partial charge in [-0.3, -0.25) is 0 Å². The highest BCUT2D eigenvalue weighted by atomic mass is 16.4. The number of hydrogen-bond acceptors (Lipinski definition) is 2. The molecule has 0 amide bonds. The van der Waals surface area contributed by atoms with Crippen LogP contribution < -0.4 is 5.73 Å². The van der Waals surface area contributed by atoms with Gasteiger partial charge in [0.05, 0.1) is 0 Å². The van der Waals surface area contributed by atoms with Crippen LogP contribution in [0.2, 0.25) is 0 Å². The molecule has 1 aromatic carbocycles. The molecule has 0 aliphatic rings. The zero-order chi connectivity index (χ0) is 12.3. The van der Waals surface area contributed by atoms with Gasteiger partial charge in [0.1, 0.15) is 0 Å². The Morgan fingerprint density at radius 2 is 1.81 bits per heavy atom. The van der Waals surface area contributed by atoms with Crippen LogP contribution in [-0.4, -0.2) is 11.1 Å². The van der Waals surface area contributed by atoms with Crippen LogP contribution in [0.4, 0.5) is 0 Å². The van der Waals surface area contributed by atoms with Crippen LogP contribution in [0.15, 0.2) is 24.3 Å². The average molecular weight is 219 g/mol. The van der Waals surface area contributed by atoms with Gasteiger partial charge in [-0.2, -0.15) is 0 Å². The molecule has 0 spiro atoms. The molecule has 1 rings (SSSR count). The van der Waals surface area contributed by atoms with Crippen molar-refractivity contribution in [1.82, 2.24) is 0 Å². The van der Waals surface area contributed by atoms with Crippen LogP contribution in [0.1, 0.15) is 28.3 Å². The minimum atomic E-state index is -0.974. The number of carboxylic acid groups (broad SMARTS) is 1. The van der Waals surface area contributed by atoms with Crippen molar-refractivity contribution >= 4 is 5.97 Å². The van der Waals surface area contributed by atoms with Crippen LogP contribution in [0.25, 0.3) is 0 Å². The second-order valence-electron chi connectivity index (χ2n) is 4.04. The van der Waals surface area contributed by atoms with E-state index in [-0.39, 0.29) is 6.04 Å². The average Bonchev–Trinajstić information content (AvgIpc) is 2.12. The maximum atomic E-state index is 10.4. The third-order valence-corrected chi connectivity index (χ3v) is 2.52. The molecular weight excluding hydrogens is 202 g/mol. The van der Waals surface area contributed by atoms with E-state index in [2.05, 4.69) is 12.1 Å². The lowest BCUT2D eigenvalue weighted by atomic mass is 9.94. The molecule has 0 heterocycles. The fourth-order valence-electron chi connectivity index (χ4n) is 2.00. The monoisotopic (exact) mass is 219 g/mol. The van der Waals surface area contributed by atoms with E-state index in [4.69, 9.17) is 10.8 Å². The van der Waals surface area contributed by atoms with Gasteiger partial charge >= 0.3 is 5.97 Å². The van der Waals surface area contributed by atoms with Crippen LogP contribution in [0, 0.1) is 20.8 Å². The third-order valence-electron chi connectivity index (χ3n) is 2.52. The molecule has 1 unspecified atom stereocenters. The van der Waals surface area contributed by atoms with E-state index in [1.807, 2.05) is 20.8 Å². The molecule has 1 aromatic rings. The van der Waals surface area contributed by atoms with Crippen molar-refractivity contribution in [3.05, 3.63) is 46.5 Å². The minimum Gasteiger partial charge on any atom is -0.478 e. The van der Waals surface area contributed by atoms with Gasteiger partial charge in [-0.05, 0) is 37.5 Å². The summed E-state index contributed by atoms with van der Waals surface area (Å²) in [6.07, 6.45) is 2.59. The highest BCUT2D eigenvalue weighted by molar-refractivity contribution is 5.79. The SMILES string of the molecule is Cc1cc(C)c(C(N)/C=C/C(=O)O)c(C)c1. The minimum absolute atomic E-state index is 0.364. The summed E-state index contributed by atoms with van der Waals surface area (Å²) >= 11 is 0. The van der Waals surface area contributed by atoms with Crippen molar-refractivity contribution in [2.24, 2.45) is 5.73 Å². The molecule has 0 saturated carbocycles. The van der Waals surface area contributed by atoms with Crippen LogP contribution in [-0.2, 0) is 4.79 Å². The molecule has 0 aliphatic carbocycles. The Bertz CT molecular complexity index is 413. The molecule has 16 heavy (non-hydrogen) atoms. The first-order chi connectivity index (χ1) is 7.41. The Morgan fingerprint density at radius 3 is 2.25 bits per heavy atom. The van der Waals surface area contributed by atoms with E-state index in [9.17, 15) is 4.79 Å².